The second-order valence-corrected chi connectivity index (χ2v) is 3.98. The van der Waals surface area contributed by atoms with Crippen LogP contribution in [-0.4, -0.2) is 51.8 Å². The van der Waals surface area contributed by atoms with Crippen molar-refractivity contribution >= 4 is 0 Å². The SMILES string of the molecule is COO[C@@H]1[C@@H](O)[C@@H](CO)O[C@H]1n1ccc(=O)[nH]c1=O. The van der Waals surface area contributed by atoms with Crippen LogP contribution < -0.4 is 11.2 Å². The lowest BCUT2D eigenvalue weighted by Crippen LogP contribution is -2.39. The number of aromatic nitrogens is 2. The zero-order valence-electron chi connectivity index (χ0n) is 10.1. The molecule has 1 aromatic rings. The second kappa shape index (κ2) is 5.63. The molecule has 0 unspecified atom stereocenters. The van der Waals surface area contributed by atoms with Gasteiger partial charge >= 0.3 is 5.69 Å². The number of hydrogen-bond donors (Lipinski definition) is 3. The van der Waals surface area contributed by atoms with E-state index in [9.17, 15) is 14.7 Å². The van der Waals surface area contributed by atoms with Crippen molar-refractivity contribution in [1.29, 1.82) is 0 Å². The fraction of sp³-hybridized carbons (Fsp3) is 0.600. The number of ether oxygens (including phenoxy) is 1. The van der Waals surface area contributed by atoms with Gasteiger partial charge in [-0.15, -0.1) is 0 Å². The van der Waals surface area contributed by atoms with E-state index in [2.05, 4.69) is 9.87 Å². The minimum atomic E-state index is -1.17. The molecule has 1 aliphatic heterocycles. The van der Waals surface area contributed by atoms with E-state index in [0.29, 0.717) is 0 Å². The lowest BCUT2D eigenvalue weighted by molar-refractivity contribution is -0.327. The van der Waals surface area contributed by atoms with Crippen molar-refractivity contribution < 1.29 is 24.7 Å². The Morgan fingerprint density at radius 1 is 1.53 bits per heavy atom. The zero-order chi connectivity index (χ0) is 14.0. The Hall–Kier alpha value is -1.52. The zero-order valence-corrected chi connectivity index (χ0v) is 10.1. The monoisotopic (exact) mass is 274 g/mol. The molecule has 1 aliphatic rings. The topological polar surface area (TPSA) is 123 Å². The van der Waals surface area contributed by atoms with Gasteiger partial charge in [0.15, 0.2) is 12.3 Å². The summed E-state index contributed by atoms with van der Waals surface area (Å²) in [6.07, 6.45) is -2.90. The molecular formula is C10H14N2O7. The van der Waals surface area contributed by atoms with Gasteiger partial charge in [0.1, 0.15) is 12.2 Å². The predicted octanol–water partition coefficient (Wildman–Crippen LogP) is -2.27. The molecule has 2 rings (SSSR count). The minimum Gasteiger partial charge on any atom is -0.394 e. The predicted molar refractivity (Wildman–Crippen MR) is 60.2 cm³/mol. The molecule has 1 saturated heterocycles. The summed E-state index contributed by atoms with van der Waals surface area (Å²) >= 11 is 0. The Morgan fingerprint density at radius 2 is 2.26 bits per heavy atom. The molecule has 1 aromatic heterocycles. The van der Waals surface area contributed by atoms with Gasteiger partial charge in [-0.3, -0.25) is 14.3 Å². The normalized spacial score (nSPS) is 30.7. The van der Waals surface area contributed by atoms with E-state index in [1.54, 1.807) is 0 Å². The van der Waals surface area contributed by atoms with Crippen LogP contribution in [0.1, 0.15) is 6.23 Å². The third kappa shape index (κ3) is 2.60. The van der Waals surface area contributed by atoms with Crippen molar-refractivity contribution in [2.24, 2.45) is 0 Å². The highest BCUT2D eigenvalue weighted by molar-refractivity contribution is 4.93. The first-order chi connectivity index (χ1) is 9.08. The van der Waals surface area contributed by atoms with E-state index < -0.39 is 42.4 Å². The molecule has 0 radical (unpaired) electrons. The summed E-state index contributed by atoms with van der Waals surface area (Å²) in [6.45, 7) is -0.445. The van der Waals surface area contributed by atoms with Crippen LogP contribution >= 0.6 is 0 Å². The number of nitrogens with zero attached hydrogens (tertiary/aromatic N) is 1. The fourth-order valence-electron chi connectivity index (χ4n) is 1.94. The average Bonchev–Trinajstić information content (AvgIpc) is 2.68. The van der Waals surface area contributed by atoms with Gasteiger partial charge in [0.2, 0.25) is 0 Å². The van der Waals surface area contributed by atoms with Gasteiger partial charge in [0.25, 0.3) is 5.56 Å². The maximum atomic E-state index is 11.7. The fourth-order valence-corrected chi connectivity index (χ4v) is 1.94. The second-order valence-electron chi connectivity index (χ2n) is 3.98. The van der Waals surface area contributed by atoms with Gasteiger partial charge in [-0.1, -0.05) is 0 Å². The van der Waals surface area contributed by atoms with Crippen LogP contribution in [0.5, 0.6) is 0 Å². The molecule has 4 atom stereocenters. The van der Waals surface area contributed by atoms with Crippen LogP contribution in [0.2, 0.25) is 0 Å². The summed E-state index contributed by atoms with van der Waals surface area (Å²) in [5.41, 5.74) is -1.27. The summed E-state index contributed by atoms with van der Waals surface area (Å²) in [5.74, 6) is 0. The number of aliphatic hydroxyl groups is 2. The Kier molecular flexibility index (Phi) is 4.12. The number of nitrogens with one attached hydrogen (secondary N) is 1. The van der Waals surface area contributed by atoms with Crippen molar-refractivity contribution in [1.82, 2.24) is 9.55 Å². The van der Waals surface area contributed by atoms with E-state index in [-0.39, 0.29) is 0 Å². The van der Waals surface area contributed by atoms with Crippen LogP contribution in [0.15, 0.2) is 21.9 Å². The standard InChI is InChI=1S/C10H14N2O7/c1-17-19-8-7(15)5(4-13)18-9(8)12-3-2-6(14)11-10(12)16/h2-3,5,7-9,13,15H,4H2,1H3,(H,11,14,16)/t5-,7+,8-,9-/m1/s1. The number of H-pyrrole nitrogens is 1. The Bertz CT molecular complexity index is 539. The summed E-state index contributed by atoms with van der Waals surface area (Å²) in [7, 11) is 1.24. The average molecular weight is 274 g/mol. The lowest BCUT2D eigenvalue weighted by Gasteiger charge is -2.19. The summed E-state index contributed by atoms with van der Waals surface area (Å²) in [4.78, 5) is 34.1. The largest absolute Gasteiger partial charge is 0.394 e. The van der Waals surface area contributed by atoms with E-state index in [4.69, 9.17) is 14.7 Å². The van der Waals surface area contributed by atoms with Crippen molar-refractivity contribution in [3.8, 4) is 0 Å². The molecule has 0 aliphatic carbocycles. The lowest BCUT2D eigenvalue weighted by atomic mass is 10.1. The van der Waals surface area contributed by atoms with Crippen LogP contribution in [-0.2, 0) is 14.5 Å². The van der Waals surface area contributed by atoms with Gasteiger partial charge in [0.05, 0.1) is 13.7 Å². The quantitative estimate of drug-likeness (QED) is 0.418. The van der Waals surface area contributed by atoms with Crippen LogP contribution in [0.25, 0.3) is 0 Å². The Morgan fingerprint density at radius 3 is 2.84 bits per heavy atom. The van der Waals surface area contributed by atoms with Gasteiger partial charge < -0.3 is 14.9 Å². The van der Waals surface area contributed by atoms with Crippen LogP contribution in [0, 0.1) is 0 Å². The molecule has 1 fully saturated rings. The highest BCUT2D eigenvalue weighted by atomic mass is 17.2. The van der Waals surface area contributed by atoms with Crippen LogP contribution in [0.4, 0.5) is 0 Å². The molecule has 106 valence electrons. The summed E-state index contributed by atoms with van der Waals surface area (Å²) in [5, 5.41) is 19.0. The van der Waals surface area contributed by atoms with Crippen molar-refractivity contribution in [3.63, 3.8) is 0 Å². The first-order valence-electron chi connectivity index (χ1n) is 5.53. The Labute approximate surface area is 106 Å². The van der Waals surface area contributed by atoms with Gasteiger partial charge in [-0.2, -0.15) is 0 Å². The minimum absolute atomic E-state index is 0.445. The maximum Gasteiger partial charge on any atom is 0.330 e. The van der Waals surface area contributed by atoms with Crippen molar-refractivity contribution in [2.75, 3.05) is 13.7 Å². The van der Waals surface area contributed by atoms with E-state index >= 15 is 0 Å². The number of rotatable bonds is 4. The summed E-state index contributed by atoms with van der Waals surface area (Å²) < 4.78 is 6.38. The smallest absolute Gasteiger partial charge is 0.330 e. The first-order valence-corrected chi connectivity index (χ1v) is 5.53. The third-order valence-corrected chi connectivity index (χ3v) is 2.83. The van der Waals surface area contributed by atoms with Crippen molar-refractivity contribution in [3.05, 3.63) is 33.1 Å². The molecule has 9 heteroatoms. The molecule has 2 heterocycles. The van der Waals surface area contributed by atoms with Gasteiger partial charge in [-0.25, -0.2) is 14.6 Å². The van der Waals surface area contributed by atoms with E-state index in [1.165, 1.54) is 13.3 Å². The highest BCUT2D eigenvalue weighted by Gasteiger charge is 2.46. The highest BCUT2D eigenvalue weighted by Crippen LogP contribution is 2.30. The molecule has 0 aromatic carbocycles. The molecule has 0 spiro atoms. The molecule has 0 saturated carbocycles. The molecule has 19 heavy (non-hydrogen) atoms. The van der Waals surface area contributed by atoms with E-state index in [0.717, 1.165) is 10.6 Å². The molecule has 0 bridgehead atoms. The molecule has 9 nitrogen and oxygen atoms in total. The van der Waals surface area contributed by atoms with Gasteiger partial charge in [-0.05, 0) is 0 Å². The third-order valence-electron chi connectivity index (χ3n) is 2.83. The first kappa shape index (κ1) is 13.9. The van der Waals surface area contributed by atoms with Crippen LogP contribution in [0.3, 0.4) is 0 Å². The van der Waals surface area contributed by atoms with Gasteiger partial charge in [0, 0.05) is 12.3 Å². The molecule has 0 amide bonds. The maximum absolute atomic E-state index is 11.7. The number of hydrogen-bond acceptors (Lipinski definition) is 7. The Balaban J connectivity index is 2.36. The molecular weight excluding hydrogens is 260 g/mol. The van der Waals surface area contributed by atoms with Crippen molar-refractivity contribution in [2.45, 2.75) is 24.5 Å². The summed E-state index contributed by atoms with van der Waals surface area (Å²) in [6, 6.07) is 1.13. The molecule has 3 N–H and O–H groups in total. The number of aliphatic hydroxyl groups excluding tert-OH is 2. The van der Waals surface area contributed by atoms with E-state index in [1.807, 2.05) is 0 Å². The number of aromatic amines is 1.